The molecular weight excluding hydrogens is 354 g/mol. The molecular formula is C22H23N3O3. The van der Waals surface area contributed by atoms with Gasteiger partial charge in [0, 0.05) is 24.2 Å². The molecule has 1 aliphatic rings. The summed E-state index contributed by atoms with van der Waals surface area (Å²) in [5, 5.41) is 4.10. The fourth-order valence-electron chi connectivity index (χ4n) is 3.42. The van der Waals surface area contributed by atoms with Gasteiger partial charge in [-0.2, -0.15) is 4.98 Å². The number of carbonyl (C=O) groups is 1. The Morgan fingerprint density at radius 3 is 2.54 bits per heavy atom. The van der Waals surface area contributed by atoms with Crippen LogP contribution < -0.4 is 9.64 Å². The molecule has 1 saturated heterocycles. The lowest BCUT2D eigenvalue weighted by molar-refractivity contribution is -0.117. The molecule has 1 fully saturated rings. The van der Waals surface area contributed by atoms with Crippen molar-refractivity contribution in [3.8, 4) is 17.1 Å². The summed E-state index contributed by atoms with van der Waals surface area (Å²) in [6.07, 6.45) is 1.35. The van der Waals surface area contributed by atoms with Gasteiger partial charge in [-0.1, -0.05) is 24.2 Å². The van der Waals surface area contributed by atoms with Gasteiger partial charge in [0.25, 0.3) is 0 Å². The number of anilines is 1. The second kappa shape index (κ2) is 7.84. The first-order valence-electron chi connectivity index (χ1n) is 9.64. The van der Waals surface area contributed by atoms with Crippen LogP contribution in [0.2, 0.25) is 0 Å². The number of carbonyl (C=O) groups excluding carboxylic acids is 1. The van der Waals surface area contributed by atoms with Gasteiger partial charge in [0.1, 0.15) is 5.75 Å². The lowest BCUT2D eigenvalue weighted by Gasteiger charge is -2.16. The van der Waals surface area contributed by atoms with E-state index in [9.17, 15) is 4.79 Å². The quantitative estimate of drug-likeness (QED) is 0.643. The first-order valence-corrected chi connectivity index (χ1v) is 9.64. The minimum atomic E-state index is -0.0951. The van der Waals surface area contributed by atoms with Crippen LogP contribution in [0.5, 0.6) is 5.75 Å². The standard InChI is InChI=1S/C22H23N3O3/c1-3-15-5-9-18(10-6-15)25-14-17(13-20(25)26)22-23-21(24-28-22)16-7-11-19(12-8-16)27-4-2/h5-12,17H,3-4,13-14H2,1-2H3. The van der Waals surface area contributed by atoms with E-state index in [2.05, 4.69) is 29.2 Å². The van der Waals surface area contributed by atoms with Gasteiger partial charge < -0.3 is 14.2 Å². The Kier molecular flexibility index (Phi) is 5.10. The van der Waals surface area contributed by atoms with Crippen LogP contribution in [0.25, 0.3) is 11.4 Å². The summed E-state index contributed by atoms with van der Waals surface area (Å²) >= 11 is 0. The first kappa shape index (κ1) is 18.2. The summed E-state index contributed by atoms with van der Waals surface area (Å²) in [5.74, 6) is 1.82. The highest BCUT2D eigenvalue weighted by Crippen LogP contribution is 2.32. The minimum Gasteiger partial charge on any atom is -0.494 e. The maximum Gasteiger partial charge on any atom is 0.232 e. The van der Waals surface area contributed by atoms with E-state index in [1.54, 1.807) is 4.90 Å². The number of nitrogens with zero attached hydrogens (tertiary/aromatic N) is 3. The van der Waals surface area contributed by atoms with Crippen LogP contribution in [0.3, 0.4) is 0 Å². The molecule has 6 nitrogen and oxygen atoms in total. The first-order chi connectivity index (χ1) is 13.7. The van der Waals surface area contributed by atoms with Gasteiger partial charge in [-0.3, -0.25) is 4.79 Å². The van der Waals surface area contributed by atoms with Crippen LogP contribution in [0, 0.1) is 0 Å². The number of rotatable bonds is 6. The van der Waals surface area contributed by atoms with E-state index < -0.39 is 0 Å². The summed E-state index contributed by atoms with van der Waals surface area (Å²) in [4.78, 5) is 18.8. The molecule has 2 heterocycles. The molecule has 1 amide bonds. The van der Waals surface area contributed by atoms with Crippen LogP contribution in [0.4, 0.5) is 5.69 Å². The minimum absolute atomic E-state index is 0.0788. The van der Waals surface area contributed by atoms with Crippen molar-refractivity contribution in [2.45, 2.75) is 32.6 Å². The predicted molar refractivity (Wildman–Crippen MR) is 106 cm³/mol. The SMILES string of the molecule is CCOc1ccc(-c2noc(C3CC(=O)N(c4ccc(CC)cc4)C3)n2)cc1. The van der Waals surface area contributed by atoms with Crippen LogP contribution in [0.1, 0.15) is 37.6 Å². The Bertz CT molecular complexity index is 948. The Hall–Kier alpha value is -3.15. The zero-order valence-electron chi connectivity index (χ0n) is 16.1. The summed E-state index contributed by atoms with van der Waals surface area (Å²) in [7, 11) is 0. The molecule has 0 saturated carbocycles. The summed E-state index contributed by atoms with van der Waals surface area (Å²) in [5.41, 5.74) is 3.02. The lowest BCUT2D eigenvalue weighted by Crippen LogP contribution is -2.24. The van der Waals surface area contributed by atoms with Gasteiger partial charge in [0.2, 0.25) is 17.6 Å². The van der Waals surface area contributed by atoms with Gasteiger partial charge in [-0.05, 0) is 55.3 Å². The fourth-order valence-corrected chi connectivity index (χ4v) is 3.42. The van der Waals surface area contributed by atoms with Crippen molar-refractivity contribution in [2.24, 2.45) is 0 Å². The normalized spacial score (nSPS) is 16.6. The van der Waals surface area contributed by atoms with E-state index >= 15 is 0 Å². The molecule has 144 valence electrons. The van der Waals surface area contributed by atoms with E-state index in [1.165, 1.54) is 5.56 Å². The topological polar surface area (TPSA) is 68.5 Å². The summed E-state index contributed by atoms with van der Waals surface area (Å²) < 4.78 is 10.9. The molecule has 6 heteroatoms. The number of aromatic nitrogens is 2. The molecule has 1 atom stereocenters. The van der Waals surface area contributed by atoms with Gasteiger partial charge in [-0.25, -0.2) is 0 Å². The molecule has 0 spiro atoms. The van der Waals surface area contributed by atoms with E-state index in [-0.39, 0.29) is 11.8 Å². The third-order valence-corrected chi connectivity index (χ3v) is 5.00. The highest BCUT2D eigenvalue weighted by molar-refractivity contribution is 5.96. The summed E-state index contributed by atoms with van der Waals surface area (Å²) in [6, 6.07) is 15.7. The third-order valence-electron chi connectivity index (χ3n) is 5.00. The molecule has 1 aliphatic heterocycles. The zero-order valence-corrected chi connectivity index (χ0v) is 16.1. The van der Waals surface area contributed by atoms with Crippen molar-refractivity contribution >= 4 is 11.6 Å². The van der Waals surface area contributed by atoms with Gasteiger partial charge in [-0.15, -0.1) is 0 Å². The third kappa shape index (κ3) is 3.63. The summed E-state index contributed by atoms with van der Waals surface area (Å²) in [6.45, 7) is 5.24. The van der Waals surface area contributed by atoms with Crippen molar-refractivity contribution in [1.82, 2.24) is 10.1 Å². The largest absolute Gasteiger partial charge is 0.494 e. The van der Waals surface area contributed by atoms with Crippen LogP contribution in [-0.2, 0) is 11.2 Å². The van der Waals surface area contributed by atoms with Crippen molar-refractivity contribution in [2.75, 3.05) is 18.1 Å². The van der Waals surface area contributed by atoms with Crippen molar-refractivity contribution in [1.29, 1.82) is 0 Å². The second-order valence-electron chi connectivity index (χ2n) is 6.84. The predicted octanol–water partition coefficient (Wildman–Crippen LogP) is 4.22. The maximum absolute atomic E-state index is 12.5. The molecule has 0 N–H and O–H groups in total. The smallest absolute Gasteiger partial charge is 0.232 e. The van der Waals surface area contributed by atoms with E-state index in [0.29, 0.717) is 31.3 Å². The number of benzene rings is 2. The van der Waals surface area contributed by atoms with Crippen LogP contribution in [-0.4, -0.2) is 29.2 Å². The van der Waals surface area contributed by atoms with Crippen LogP contribution in [0.15, 0.2) is 53.1 Å². The number of hydrogen-bond acceptors (Lipinski definition) is 5. The number of aryl methyl sites for hydroxylation is 1. The van der Waals surface area contributed by atoms with Crippen molar-refractivity contribution in [3.05, 3.63) is 60.0 Å². The van der Waals surface area contributed by atoms with E-state index in [1.807, 2.05) is 43.3 Å². The van der Waals surface area contributed by atoms with Crippen LogP contribution >= 0.6 is 0 Å². The highest BCUT2D eigenvalue weighted by atomic mass is 16.5. The van der Waals surface area contributed by atoms with Gasteiger partial charge in [0.05, 0.1) is 12.5 Å². The molecule has 0 bridgehead atoms. The zero-order chi connectivity index (χ0) is 19.5. The molecule has 2 aromatic carbocycles. The molecule has 0 aliphatic carbocycles. The van der Waals surface area contributed by atoms with E-state index in [4.69, 9.17) is 9.26 Å². The molecule has 1 aromatic heterocycles. The van der Waals surface area contributed by atoms with E-state index in [0.717, 1.165) is 23.4 Å². The molecule has 4 rings (SSSR count). The number of amides is 1. The molecule has 3 aromatic rings. The van der Waals surface area contributed by atoms with Gasteiger partial charge in [0.15, 0.2) is 0 Å². The Balaban J connectivity index is 1.48. The Morgan fingerprint density at radius 1 is 1.11 bits per heavy atom. The maximum atomic E-state index is 12.5. The Morgan fingerprint density at radius 2 is 1.86 bits per heavy atom. The monoisotopic (exact) mass is 377 g/mol. The average molecular weight is 377 g/mol. The number of hydrogen-bond donors (Lipinski definition) is 0. The number of ether oxygens (including phenoxy) is 1. The fraction of sp³-hybridized carbons (Fsp3) is 0.318. The lowest BCUT2D eigenvalue weighted by atomic mass is 10.1. The molecule has 1 unspecified atom stereocenters. The Labute approximate surface area is 164 Å². The molecule has 0 radical (unpaired) electrons. The van der Waals surface area contributed by atoms with Crippen molar-refractivity contribution in [3.63, 3.8) is 0 Å². The van der Waals surface area contributed by atoms with Crippen molar-refractivity contribution < 1.29 is 14.1 Å². The second-order valence-corrected chi connectivity index (χ2v) is 6.84. The molecule has 28 heavy (non-hydrogen) atoms. The average Bonchev–Trinajstić information content (AvgIpc) is 3.36. The van der Waals surface area contributed by atoms with Gasteiger partial charge >= 0.3 is 0 Å². The highest BCUT2D eigenvalue weighted by Gasteiger charge is 2.35.